The molecule has 0 saturated heterocycles. The first-order chi connectivity index (χ1) is 14.1. The number of nitrogens with two attached hydrogens (primary N) is 1. The molecule has 4 N–H and O–H groups in total. The zero-order valence-corrected chi connectivity index (χ0v) is 17.3. The van der Waals surface area contributed by atoms with E-state index in [-0.39, 0.29) is 18.6 Å². The Hall–Kier alpha value is -2.81. The molecule has 1 aliphatic rings. The average Bonchev–Trinajstić information content (AvgIpc) is 3.13. The SMILES string of the molecule is CCOc1cc(C=NNc2nc(N)cs2)ccc1OCC(=O)NC1CCCCC1. The Morgan fingerprint density at radius 3 is 2.86 bits per heavy atom. The van der Waals surface area contributed by atoms with Crippen LogP contribution in [0.1, 0.15) is 44.6 Å². The van der Waals surface area contributed by atoms with E-state index in [4.69, 9.17) is 15.2 Å². The Morgan fingerprint density at radius 1 is 1.31 bits per heavy atom. The fourth-order valence-corrected chi connectivity index (χ4v) is 3.70. The van der Waals surface area contributed by atoms with Crippen LogP contribution in [0.4, 0.5) is 10.9 Å². The van der Waals surface area contributed by atoms with Gasteiger partial charge in [0.25, 0.3) is 5.91 Å². The van der Waals surface area contributed by atoms with Crippen LogP contribution >= 0.6 is 11.3 Å². The molecule has 2 aromatic rings. The molecule has 0 aliphatic heterocycles. The number of carbonyl (C=O) groups is 1. The molecule has 0 unspecified atom stereocenters. The van der Waals surface area contributed by atoms with E-state index in [1.807, 2.05) is 19.1 Å². The highest BCUT2D eigenvalue weighted by Gasteiger charge is 2.16. The highest BCUT2D eigenvalue weighted by atomic mass is 32.1. The van der Waals surface area contributed by atoms with Crippen molar-refractivity contribution in [3.05, 3.63) is 29.1 Å². The number of carbonyl (C=O) groups excluding carboxylic acids is 1. The van der Waals surface area contributed by atoms with Crippen molar-refractivity contribution in [3.63, 3.8) is 0 Å². The molecule has 8 nitrogen and oxygen atoms in total. The van der Waals surface area contributed by atoms with Crippen molar-refractivity contribution < 1.29 is 14.3 Å². The Kier molecular flexibility index (Phi) is 7.69. The van der Waals surface area contributed by atoms with Gasteiger partial charge in [-0.2, -0.15) is 5.10 Å². The molecule has 9 heteroatoms. The second-order valence-corrected chi connectivity index (χ2v) is 7.64. The van der Waals surface area contributed by atoms with Crippen LogP contribution in [0, 0.1) is 0 Å². The van der Waals surface area contributed by atoms with E-state index in [1.165, 1.54) is 30.6 Å². The van der Waals surface area contributed by atoms with Crippen molar-refractivity contribution in [2.24, 2.45) is 5.10 Å². The summed E-state index contributed by atoms with van der Waals surface area (Å²) in [7, 11) is 0. The predicted molar refractivity (Wildman–Crippen MR) is 116 cm³/mol. The standard InChI is InChI=1S/C20H27N5O3S/c1-2-27-17-10-14(11-22-25-20-24-18(21)13-29-20)8-9-16(17)28-12-19(26)23-15-6-4-3-5-7-15/h8-11,13,15H,2-7,12,21H2,1H3,(H,23,26)(H,24,25). The van der Waals surface area contributed by atoms with Gasteiger partial charge in [-0.15, -0.1) is 11.3 Å². The van der Waals surface area contributed by atoms with Crippen molar-refractivity contribution in [3.8, 4) is 11.5 Å². The lowest BCUT2D eigenvalue weighted by molar-refractivity contribution is -0.124. The summed E-state index contributed by atoms with van der Waals surface area (Å²) in [5.74, 6) is 1.46. The first-order valence-electron chi connectivity index (χ1n) is 9.83. The molecule has 156 valence electrons. The van der Waals surface area contributed by atoms with E-state index in [9.17, 15) is 4.79 Å². The smallest absolute Gasteiger partial charge is 0.258 e. The number of rotatable bonds is 9. The number of nitrogens with zero attached hydrogens (tertiary/aromatic N) is 2. The molecule has 1 fully saturated rings. The maximum absolute atomic E-state index is 12.2. The van der Waals surface area contributed by atoms with E-state index < -0.39 is 0 Å². The molecule has 1 aliphatic carbocycles. The summed E-state index contributed by atoms with van der Waals surface area (Å²) in [6.07, 6.45) is 7.35. The van der Waals surface area contributed by atoms with Gasteiger partial charge in [-0.05, 0) is 43.5 Å². The second-order valence-electron chi connectivity index (χ2n) is 6.78. The zero-order valence-electron chi connectivity index (χ0n) is 16.5. The van der Waals surface area contributed by atoms with Gasteiger partial charge in [0.15, 0.2) is 18.1 Å². The molecule has 0 bridgehead atoms. The lowest BCUT2D eigenvalue weighted by atomic mass is 9.95. The summed E-state index contributed by atoms with van der Waals surface area (Å²) in [5.41, 5.74) is 9.24. The quantitative estimate of drug-likeness (QED) is 0.426. The third-order valence-electron chi connectivity index (χ3n) is 4.49. The lowest BCUT2D eigenvalue weighted by Gasteiger charge is -2.22. The van der Waals surface area contributed by atoms with E-state index in [0.717, 1.165) is 18.4 Å². The minimum atomic E-state index is -0.100. The molecular formula is C20H27N5O3S. The first-order valence-corrected chi connectivity index (χ1v) is 10.7. The number of nitrogen functional groups attached to an aromatic ring is 1. The van der Waals surface area contributed by atoms with Gasteiger partial charge in [0.2, 0.25) is 5.13 Å². The lowest BCUT2D eigenvalue weighted by Crippen LogP contribution is -2.39. The molecule has 1 aromatic heterocycles. The molecular weight excluding hydrogens is 390 g/mol. The Balaban J connectivity index is 1.55. The van der Waals surface area contributed by atoms with Gasteiger partial charge in [-0.1, -0.05) is 19.3 Å². The summed E-state index contributed by atoms with van der Waals surface area (Å²) >= 11 is 1.38. The monoisotopic (exact) mass is 417 g/mol. The third-order valence-corrected chi connectivity index (χ3v) is 5.26. The maximum atomic E-state index is 12.2. The molecule has 1 heterocycles. The van der Waals surface area contributed by atoms with Crippen LogP contribution in [0.2, 0.25) is 0 Å². The summed E-state index contributed by atoms with van der Waals surface area (Å²) in [6, 6.07) is 5.71. The molecule has 29 heavy (non-hydrogen) atoms. The third kappa shape index (κ3) is 6.63. The predicted octanol–water partition coefficient (Wildman–Crippen LogP) is 3.40. The second kappa shape index (κ2) is 10.7. The van der Waals surface area contributed by atoms with Crippen LogP contribution in [-0.2, 0) is 4.79 Å². The van der Waals surface area contributed by atoms with Gasteiger partial charge < -0.3 is 20.5 Å². The normalized spacial score (nSPS) is 14.7. The van der Waals surface area contributed by atoms with Crippen LogP contribution in [0.3, 0.4) is 0 Å². The summed E-state index contributed by atoms with van der Waals surface area (Å²) < 4.78 is 11.4. The van der Waals surface area contributed by atoms with Crippen LogP contribution in [0.5, 0.6) is 11.5 Å². The number of anilines is 2. The topological polar surface area (TPSA) is 111 Å². The number of nitrogens with one attached hydrogen (secondary N) is 2. The van der Waals surface area contributed by atoms with Gasteiger partial charge in [-0.3, -0.25) is 10.2 Å². The maximum Gasteiger partial charge on any atom is 0.258 e. The van der Waals surface area contributed by atoms with Crippen molar-refractivity contribution in [1.29, 1.82) is 0 Å². The summed E-state index contributed by atoms with van der Waals surface area (Å²) in [5, 5.41) is 9.56. The highest BCUT2D eigenvalue weighted by Crippen LogP contribution is 2.28. The summed E-state index contributed by atoms with van der Waals surface area (Å²) in [6.45, 7) is 2.35. The van der Waals surface area contributed by atoms with Gasteiger partial charge in [0.05, 0.1) is 12.8 Å². The number of hydrogen-bond acceptors (Lipinski definition) is 8. The Bertz CT molecular complexity index is 833. The number of hydrazone groups is 1. The molecule has 1 saturated carbocycles. The molecule has 0 spiro atoms. The van der Waals surface area contributed by atoms with Crippen molar-refractivity contribution in [2.75, 3.05) is 24.4 Å². The first kappa shape index (κ1) is 20.9. The minimum Gasteiger partial charge on any atom is -0.490 e. The molecule has 1 amide bonds. The average molecular weight is 418 g/mol. The molecule has 0 atom stereocenters. The zero-order chi connectivity index (χ0) is 20.5. The van der Waals surface area contributed by atoms with Gasteiger partial charge in [0, 0.05) is 11.4 Å². The Labute approximate surface area is 174 Å². The largest absolute Gasteiger partial charge is 0.490 e. The van der Waals surface area contributed by atoms with Crippen molar-refractivity contribution in [2.45, 2.75) is 45.1 Å². The van der Waals surface area contributed by atoms with Gasteiger partial charge >= 0.3 is 0 Å². The number of aromatic nitrogens is 1. The number of hydrogen-bond donors (Lipinski definition) is 3. The number of benzene rings is 1. The number of thiazole rings is 1. The van der Waals surface area contributed by atoms with Crippen molar-refractivity contribution >= 4 is 34.4 Å². The van der Waals surface area contributed by atoms with Crippen LogP contribution in [0.15, 0.2) is 28.7 Å². The van der Waals surface area contributed by atoms with E-state index in [2.05, 4.69) is 20.8 Å². The number of amides is 1. The minimum absolute atomic E-state index is 0.0307. The highest BCUT2D eigenvalue weighted by molar-refractivity contribution is 7.14. The van der Waals surface area contributed by atoms with Gasteiger partial charge in [-0.25, -0.2) is 4.98 Å². The fourth-order valence-electron chi connectivity index (χ4n) is 3.15. The molecule has 3 rings (SSSR count). The van der Waals surface area contributed by atoms with Crippen LogP contribution < -0.4 is 25.9 Å². The van der Waals surface area contributed by atoms with E-state index >= 15 is 0 Å². The van der Waals surface area contributed by atoms with Crippen LogP contribution in [0.25, 0.3) is 0 Å². The number of ether oxygens (including phenoxy) is 2. The summed E-state index contributed by atoms with van der Waals surface area (Å²) in [4.78, 5) is 16.3. The molecule has 1 aromatic carbocycles. The molecule has 0 radical (unpaired) electrons. The van der Waals surface area contributed by atoms with E-state index in [0.29, 0.717) is 29.1 Å². The van der Waals surface area contributed by atoms with Crippen molar-refractivity contribution in [1.82, 2.24) is 10.3 Å². The Morgan fingerprint density at radius 2 is 2.14 bits per heavy atom. The fraction of sp³-hybridized carbons (Fsp3) is 0.450. The van der Waals surface area contributed by atoms with Gasteiger partial charge in [0.1, 0.15) is 5.82 Å². The van der Waals surface area contributed by atoms with Crippen LogP contribution in [-0.4, -0.2) is 36.4 Å². The van der Waals surface area contributed by atoms with E-state index in [1.54, 1.807) is 17.7 Å².